The monoisotopic (exact) mass is 437 g/mol. The largest absolute Gasteiger partial charge is 0.352 e. The first kappa shape index (κ1) is 19.6. The fourth-order valence-corrected chi connectivity index (χ4v) is 3.36. The number of nitrogens with zero attached hydrogens (tertiary/aromatic N) is 3. The normalized spacial score (nSPS) is 22.7. The SMILES string of the molecule is CN=C(NCc1scnc1C)NC1CN(C(C)C)CC1C.I. The topological polar surface area (TPSA) is 52.6 Å². The Kier molecular flexibility index (Phi) is 8.06. The third kappa shape index (κ3) is 5.06. The molecule has 1 aromatic rings. The summed E-state index contributed by atoms with van der Waals surface area (Å²) >= 11 is 1.68. The van der Waals surface area contributed by atoms with Gasteiger partial charge in [-0.25, -0.2) is 4.98 Å². The molecule has 2 N–H and O–H groups in total. The first-order valence-corrected chi connectivity index (χ1v) is 8.49. The van der Waals surface area contributed by atoms with Crippen molar-refractivity contribution in [2.24, 2.45) is 10.9 Å². The minimum absolute atomic E-state index is 0. The van der Waals surface area contributed by atoms with Crippen LogP contribution in [0.3, 0.4) is 0 Å². The molecule has 0 saturated carbocycles. The van der Waals surface area contributed by atoms with Gasteiger partial charge in [0.05, 0.1) is 17.7 Å². The van der Waals surface area contributed by atoms with Crippen LogP contribution in [0.5, 0.6) is 0 Å². The Morgan fingerprint density at radius 1 is 1.50 bits per heavy atom. The summed E-state index contributed by atoms with van der Waals surface area (Å²) in [6.45, 7) is 11.9. The van der Waals surface area contributed by atoms with Crippen molar-refractivity contribution in [1.29, 1.82) is 0 Å². The van der Waals surface area contributed by atoms with Crippen molar-refractivity contribution in [1.82, 2.24) is 20.5 Å². The van der Waals surface area contributed by atoms with Gasteiger partial charge in [0.25, 0.3) is 0 Å². The second-order valence-corrected chi connectivity index (χ2v) is 7.00. The number of aryl methyl sites for hydroxylation is 1. The second-order valence-electron chi connectivity index (χ2n) is 6.06. The number of aliphatic imine (C=N–C) groups is 1. The Hall–Kier alpha value is -0.410. The highest BCUT2D eigenvalue weighted by Crippen LogP contribution is 2.18. The van der Waals surface area contributed by atoms with Crippen LogP contribution in [0, 0.1) is 12.8 Å². The maximum atomic E-state index is 4.35. The molecule has 2 heterocycles. The fourth-order valence-electron chi connectivity index (χ4n) is 2.64. The zero-order valence-electron chi connectivity index (χ0n) is 14.1. The molecule has 2 rings (SSSR count). The zero-order valence-corrected chi connectivity index (χ0v) is 17.2. The first-order chi connectivity index (χ1) is 10.0. The summed E-state index contributed by atoms with van der Waals surface area (Å²) in [7, 11) is 1.83. The molecule has 2 unspecified atom stereocenters. The fraction of sp³-hybridized carbons (Fsp3) is 0.733. The number of guanidine groups is 1. The maximum Gasteiger partial charge on any atom is 0.191 e. The van der Waals surface area contributed by atoms with E-state index in [4.69, 9.17) is 0 Å². The Morgan fingerprint density at radius 2 is 2.23 bits per heavy atom. The molecule has 2 atom stereocenters. The molecule has 0 aliphatic carbocycles. The van der Waals surface area contributed by atoms with Crippen LogP contribution < -0.4 is 10.6 Å². The molecule has 1 aliphatic heterocycles. The van der Waals surface area contributed by atoms with E-state index in [1.54, 1.807) is 11.3 Å². The van der Waals surface area contributed by atoms with E-state index < -0.39 is 0 Å². The van der Waals surface area contributed by atoms with Gasteiger partial charge in [0.15, 0.2) is 5.96 Å². The first-order valence-electron chi connectivity index (χ1n) is 7.61. The minimum Gasteiger partial charge on any atom is -0.352 e. The summed E-state index contributed by atoms with van der Waals surface area (Å²) in [5, 5.41) is 6.96. The van der Waals surface area contributed by atoms with Crippen molar-refractivity contribution in [2.45, 2.75) is 46.3 Å². The highest BCUT2D eigenvalue weighted by atomic mass is 127. The van der Waals surface area contributed by atoms with Crippen LogP contribution in [-0.2, 0) is 6.54 Å². The van der Waals surface area contributed by atoms with E-state index in [1.807, 2.05) is 19.5 Å². The van der Waals surface area contributed by atoms with Crippen LogP contribution in [0.15, 0.2) is 10.5 Å². The molecule has 1 fully saturated rings. The van der Waals surface area contributed by atoms with Crippen LogP contribution in [0.1, 0.15) is 31.3 Å². The number of thiazole rings is 1. The molecule has 0 spiro atoms. The second kappa shape index (κ2) is 9.02. The average Bonchev–Trinajstić information content (AvgIpc) is 3.01. The molecule has 0 aromatic carbocycles. The van der Waals surface area contributed by atoms with Crippen LogP contribution in [0.2, 0.25) is 0 Å². The van der Waals surface area contributed by atoms with Crippen molar-refractivity contribution in [3.05, 3.63) is 16.1 Å². The van der Waals surface area contributed by atoms with Crippen molar-refractivity contribution in [2.75, 3.05) is 20.1 Å². The molecular formula is C15H28IN5S. The molecular weight excluding hydrogens is 409 g/mol. The summed E-state index contributed by atoms with van der Waals surface area (Å²) in [5.41, 5.74) is 2.99. The standard InChI is InChI=1S/C15H27N5S.HI/c1-10(2)20-7-11(3)13(8-20)19-15(16-5)17-6-14-12(4)18-9-21-14;/h9-11,13H,6-8H2,1-5H3,(H2,16,17,19);1H. The van der Waals surface area contributed by atoms with Gasteiger partial charge in [0.2, 0.25) is 0 Å². The lowest BCUT2D eigenvalue weighted by molar-refractivity contribution is 0.265. The third-order valence-corrected chi connectivity index (χ3v) is 5.11. The van der Waals surface area contributed by atoms with E-state index in [2.05, 4.69) is 46.3 Å². The lowest BCUT2D eigenvalue weighted by Crippen LogP contribution is -2.46. The van der Waals surface area contributed by atoms with Crippen molar-refractivity contribution in [3.8, 4) is 0 Å². The highest BCUT2D eigenvalue weighted by molar-refractivity contribution is 14.0. The van der Waals surface area contributed by atoms with Crippen LogP contribution in [0.25, 0.3) is 0 Å². The van der Waals surface area contributed by atoms with Crippen LogP contribution in [-0.4, -0.2) is 48.1 Å². The molecule has 1 aliphatic rings. The molecule has 0 bridgehead atoms. The van der Waals surface area contributed by atoms with Crippen LogP contribution >= 0.6 is 35.3 Å². The summed E-state index contributed by atoms with van der Waals surface area (Å²) in [4.78, 5) is 12.4. The number of hydrogen-bond donors (Lipinski definition) is 2. The Morgan fingerprint density at radius 3 is 2.73 bits per heavy atom. The maximum absolute atomic E-state index is 4.35. The molecule has 5 nitrogen and oxygen atoms in total. The Bertz CT molecular complexity index is 488. The summed E-state index contributed by atoms with van der Waals surface area (Å²) in [6, 6.07) is 1.07. The lowest BCUT2D eigenvalue weighted by Gasteiger charge is -2.21. The van der Waals surface area contributed by atoms with E-state index in [-0.39, 0.29) is 24.0 Å². The van der Waals surface area contributed by atoms with Gasteiger partial charge in [-0.15, -0.1) is 35.3 Å². The number of halogens is 1. The van der Waals surface area contributed by atoms with E-state index in [1.165, 1.54) is 4.88 Å². The van der Waals surface area contributed by atoms with Gasteiger partial charge in [-0.05, 0) is 26.7 Å². The van der Waals surface area contributed by atoms with Gasteiger partial charge >= 0.3 is 0 Å². The molecule has 0 radical (unpaired) electrons. The van der Waals surface area contributed by atoms with E-state index >= 15 is 0 Å². The minimum atomic E-state index is 0. The van der Waals surface area contributed by atoms with Gasteiger partial charge in [0, 0.05) is 37.1 Å². The van der Waals surface area contributed by atoms with Crippen molar-refractivity contribution >= 4 is 41.3 Å². The van der Waals surface area contributed by atoms with Gasteiger partial charge in [-0.2, -0.15) is 0 Å². The van der Waals surface area contributed by atoms with E-state index in [0.29, 0.717) is 18.0 Å². The van der Waals surface area contributed by atoms with Gasteiger partial charge in [-0.1, -0.05) is 6.92 Å². The molecule has 1 aromatic heterocycles. The van der Waals surface area contributed by atoms with Gasteiger partial charge < -0.3 is 10.6 Å². The molecule has 22 heavy (non-hydrogen) atoms. The van der Waals surface area contributed by atoms with Crippen molar-refractivity contribution in [3.63, 3.8) is 0 Å². The number of aromatic nitrogens is 1. The summed E-state index contributed by atoms with van der Waals surface area (Å²) in [5.74, 6) is 1.52. The number of hydrogen-bond acceptors (Lipinski definition) is 4. The Labute approximate surface area is 155 Å². The zero-order chi connectivity index (χ0) is 15.4. The summed E-state index contributed by atoms with van der Waals surface area (Å²) < 4.78 is 0. The van der Waals surface area contributed by atoms with Crippen LogP contribution in [0.4, 0.5) is 0 Å². The average molecular weight is 437 g/mol. The molecule has 126 valence electrons. The quantitative estimate of drug-likeness (QED) is 0.432. The number of likely N-dealkylation sites (tertiary alicyclic amines) is 1. The highest BCUT2D eigenvalue weighted by Gasteiger charge is 2.31. The summed E-state index contributed by atoms with van der Waals surface area (Å²) in [6.07, 6.45) is 0. The van der Waals surface area contributed by atoms with E-state index in [0.717, 1.165) is 31.3 Å². The number of rotatable bonds is 4. The van der Waals surface area contributed by atoms with Gasteiger partial charge in [-0.3, -0.25) is 9.89 Å². The smallest absolute Gasteiger partial charge is 0.191 e. The molecule has 0 amide bonds. The molecule has 7 heteroatoms. The predicted octanol–water partition coefficient (Wildman–Crippen LogP) is 2.46. The molecule has 1 saturated heterocycles. The lowest BCUT2D eigenvalue weighted by atomic mass is 10.1. The van der Waals surface area contributed by atoms with Crippen molar-refractivity contribution < 1.29 is 0 Å². The van der Waals surface area contributed by atoms with E-state index in [9.17, 15) is 0 Å². The predicted molar refractivity (Wildman–Crippen MR) is 105 cm³/mol. The van der Waals surface area contributed by atoms with Gasteiger partial charge in [0.1, 0.15) is 0 Å². The third-order valence-electron chi connectivity index (χ3n) is 4.18. The Balaban J connectivity index is 0.00000242. The number of nitrogens with one attached hydrogen (secondary N) is 2.